The van der Waals surface area contributed by atoms with E-state index >= 15 is 0 Å². The average Bonchev–Trinajstić information content (AvgIpc) is 2.99. The highest BCUT2D eigenvalue weighted by Crippen LogP contribution is 2.21. The third kappa shape index (κ3) is 3.85. The number of rotatable bonds is 4. The van der Waals surface area contributed by atoms with E-state index in [9.17, 15) is 24.1 Å². The Kier molecular flexibility index (Phi) is 4.79. The molecule has 2 aromatic rings. The van der Waals surface area contributed by atoms with E-state index < -0.39 is 28.2 Å². The van der Waals surface area contributed by atoms with Crippen LogP contribution in [0.2, 0.25) is 0 Å². The SMILES string of the molecule is O=C(NCc1ccsc1)C(=O)Nc1ccc(F)c([N+](=O)[O-])c1. The molecule has 9 heteroatoms. The number of nitro groups is 1. The van der Waals surface area contributed by atoms with Gasteiger partial charge < -0.3 is 10.6 Å². The van der Waals surface area contributed by atoms with Gasteiger partial charge in [0.15, 0.2) is 0 Å². The standard InChI is InChI=1S/C13H10FN3O4S/c14-10-2-1-9(5-11(10)17(20)21)16-13(19)12(18)15-6-8-3-4-22-7-8/h1-5,7H,6H2,(H,15,18)(H,16,19). The summed E-state index contributed by atoms with van der Waals surface area (Å²) in [4.78, 5) is 32.9. The number of nitrogens with zero attached hydrogens (tertiary/aromatic N) is 1. The summed E-state index contributed by atoms with van der Waals surface area (Å²) in [5.41, 5.74) is 0.0313. The van der Waals surface area contributed by atoms with Crippen LogP contribution in [0.3, 0.4) is 0 Å². The van der Waals surface area contributed by atoms with Crippen LogP contribution in [0.1, 0.15) is 5.56 Å². The fraction of sp³-hybridized carbons (Fsp3) is 0.0769. The number of carbonyl (C=O) groups is 2. The molecule has 0 fully saturated rings. The molecule has 0 bridgehead atoms. The first-order valence-corrected chi connectivity index (χ1v) is 6.96. The number of halogens is 1. The largest absolute Gasteiger partial charge is 0.344 e. The van der Waals surface area contributed by atoms with Crippen molar-refractivity contribution in [2.24, 2.45) is 0 Å². The van der Waals surface area contributed by atoms with Crippen LogP contribution in [0.15, 0.2) is 35.0 Å². The Hall–Kier alpha value is -2.81. The first kappa shape index (κ1) is 15.6. The number of anilines is 1. The van der Waals surface area contributed by atoms with Crippen LogP contribution in [-0.2, 0) is 16.1 Å². The Bertz CT molecular complexity index is 718. The molecule has 0 spiro atoms. The highest BCUT2D eigenvalue weighted by molar-refractivity contribution is 7.07. The van der Waals surface area contributed by atoms with Crippen LogP contribution in [-0.4, -0.2) is 16.7 Å². The molecule has 0 saturated heterocycles. The summed E-state index contributed by atoms with van der Waals surface area (Å²) in [6.45, 7) is 0.194. The first-order valence-electron chi connectivity index (χ1n) is 6.01. The topological polar surface area (TPSA) is 101 Å². The third-order valence-electron chi connectivity index (χ3n) is 2.64. The zero-order chi connectivity index (χ0) is 16.1. The fourth-order valence-electron chi connectivity index (χ4n) is 1.57. The smallest absolute Gasteiger partial charge is 0.313 e. The molecular formula is C13H10FN3O4S. The minimum Gasteiger partial charge on any atom is -0.344 e. The van der Waals surface area contributed by atoms with Gasteiger partial charge >= 0.3 is 17.5 Å². The van der Waals surface area contributed by atoms with E-state index in [0.29, 0.717) is 0 Å². The van der Waals surface area contributed by atoms with Gasteiger partial charge in [-0.2, -0.15) is 15.7 Å². The van der Waals surface area contributed by atoms with Crippen molar-refractivity contribution in [2.45, 2.75) is 6.54 Å². The summed E-state index contributed by atoms with van der Waals surface area (Å²) in [6, 6.07) is 4.62. The van der Waals surface area contributed by atoms with Crippen molar-refractivity contribution in [3.63, 3.8) is 0 Å². The number of amides is 2. The van der Waals surface area contributed by atoms with Gasteiger partial charge in [-0.05, 0) is 34.5 Å². The average molecular weight is 323 g/mol. The van der Waals surface area contributed by atoms with Gasteiger partial charge in [0.25, 0.3) is 0 Å². The van der Waals surface area contributed by atoms with Crippen LogP contribution in [0.5, 0.6) is 0 Å². The van der Waals surface area contributed by atoms with Gasteiger partial charge in [0.1, 0.15) is 0 Å². The van der Waals surface area contributed by atoms with Gasteiger partial charge in [-0.1, -0.05) is 0 Å². The number of carbonyl (C=O) groups excluding carboxylic acids is 2. The Morgan fingerprint density at radius 1 is 1.27 bits per heavy atom. The number of benzene rings is 1. The molecule has 1 heterocycles. The molecule has 0 aliphatic rings. The predicted octanol–water partition coefficient (Wildman–Crippen LogP) is 2.05. The molecule has 0 radical (unpaired) electrons. The fourth-order valence-corrected chi connectivity index (χ4v) is 2.24. The van der Waals surface area contributed by atoms with Crippen molar-refractivity contribution >= 4 is 34.5 Å². The molecule has 114 valence electrons. The molecular weight excluding hydrogens is 313 g/mol. The molecule has 0 saturated carbocycles. The molecule has 2 rings (SSSR count). The summed E-state index contributed by atoms with van der Waals surface area (Å²) in [5, 5.41) is 18.8. The van der Waals surface area contributed by atoms with Crippen molar-refractivity contribution in [3.05, 3.63) is 56.5 Å². The van der Waals surface area contributed by atoms with Gasteiger partial charge in [-0.15, -0.1) is 0 Å². The Balaban J connectivity index is 1.97. The van der Waals surface area contributed by atoms with Gasteiger partial charge in [0.05, 0.1) is 4.92 Å². The Morgan fingerprint density at radius 3 is 2.68 bits per heavy atom. The van der Waals surface area contributed by atoms with E-state index in [1.807, 2.05) is 10.8 Å². The number of hydrogen-bond donors (Lipinski definition) is 2. The van der Waals surface area contributed by atoms with Crippen molar-refractivity contribution in [3.8, 4) is 0 Å². The molecule has 2 amide bonds. The molecule has 22 heavy (non-hydrogen) atoms. The van der Waals surface area contributed by atoms with Crippen molar-refractivity contribution in [1.82, 2.24) is 5.32 Å². The van der Waals surface area contributed by atoms with E-state index in [1.165, 1.54) is 11.3 Å². The van der Waals surface area contributed by atoms with Crippen LogP contribution in [0.25, 0.3) is 0 Å². The molecule has 1 aromatic carbocycles. The lowest BCUT2D eigenvalue weighted by molar-refractivity contribution is -0.387. The van der Waals surface area contributed by atoms with Crippen molar-refractivity contribution in [2.75, 3.05) is 5.32 Å². The van der Waals surface area contributed by atoms with Crippen molar-refractivity contribution in [1.29, 1.82) is 0 Å². The minimum absolute atomic E-state index is 0.0382. The normalized spacial score (nSPS) is 10.0. The van der Waals surface area contributed by atoms with Crippen LogP contribution >= 0.6 is 11.3 Å². The summed E-state index contributed by atoms with van der Waals surface area (Å²) < 4.78 is 13.2. The Morgan fingerprint density at radius 2 is 2.05 bits per heavy atom. The van der Waals surface area contributed by atoms with E-state index in [2.05, 4.69) is 10.6 Å². The summed E-state index contributed by atoms with van der Waals surface area (Å²) in [6.07, 6.45) is 0. The number of nitrogens with one attached hydrogen (secondary N) is 2. The zero-order valence-corrected chi connectivity index (χ0v) is 11.9. The maximum Gasteiger partial charge on any atom is 0.313 e. The maximum absolute atomic E-state index is 13.2. The lowest BCUT2D eigenvalue weighted by atomic mass is 10.2. The molecule has 2 N–H and O–H groups in total. The summed E-state index contributed by atoms with van der Waals surface area (Å²) in [7, 11) is 0. The molecule has 7 nitrogen and oxygen atoms in total. The van der Waals surface area contributed by atoms with Gasteiger partial charge in [0.2, 0.25) is 5.82 Å². The lowest BCUT2D eigenvalue weighted by Crippen LogP contribution is -2.34. The first-order chi connectivity index (χ1) is 10.5. The highest BCUT2D eigenvalue weighted by Gasteiger charge is 2.18. The zero-order valence-electron chi connectivity index (χ0n) is 11.0. The van der Waals surface area contributed by atoms with E-state index in [4.69, 9.17) is 0 Å². The molecule has 0 aliphatic carbocycles. The van der Waals surface area contributed by atoms with E-state index in [-0.39, 0.29) is 12.2 Å². The van der Waals surface area contributed by atoms with Gasteiger partial charge in [-0.25, -0.2) is 0 Å². The molecule has 0 unspecified atom stereocenters. The van der Waals surface area contributed by atoms with Crippen LogP contribution in [0.4, 0.5) is 15.8 Å². The summed E-state index contributed by atoms with van der Waals surface area (Å²) >= 11 is 1.46. The third-order valence-corrected chi connectivity index (χ3v) is 3.37. The second-order valence-electron chi connectivity index (χ2n) is 4.19. The highest BCUT2D eigenvalue weighted by atomic mass is 32.1. The second-order valence-corrected chi connectivity index (χ2v) is 4.97. The number of thiophene rings is 1. The lowest BCUT2D eigenvalue weighted by Gasteiger charge is -2.06. The van der Waals surface area contributed by atoms with Crippen molar-refractivity contribution < 1.29 is 18.9 Å². The Labute approximate surface area is 127 Å². The second kappa shape index (κ2) is 6.76. The van der Waals surface area contributed by atoms with E-state index in [0.717, 1.165) is 23.8 Å². The van der Waals surface area contributed by atoms with Crippen LogP contribution < -0.4 is 10.6 Å². The predicted molar refractivity (Wildman–Crippen MR) is 77.8 cm³/mol. The van der Waals surface area contributed by atoms with Gasteiger partial charge in [0, 0.05) is 18.3 Å². The molecule has 0 atom stereocenters. The summed E-state index contributed by atoms with van der Waals surface area (Å²) in [5.74, 6) is -2.90. The van der Waals surface area contributed by atoms with E-state index in [1.54, 1.807) is 6.07 Å². The van der Waals surface area contributed by atoms with Gasteiger partial charge in [-0.3, -0.25) is 19.7 Å². The number of nitro benzene ring substituents is 1. The monoisotopic (exact) mass is 323 g/mol. The van der Waals surface area contributed by atoms with Crippen LogP contribution in [0, 0.1) is 15.9 Å². The minimum atomic E-state index is -1.02. The maximum atomic E-state index is 13.2. The molecule has 1 aromatic heterocycles. The number of hydrogen-bond acceptors (Lipinski definition) is 5. The quantitative estimate of drug-likeness (QED) is 0.511. The molecule has 0 aliphatic heterocycles.